The average molecular weight is 207 g/mol. The van der Waals surface area contributed by atoms with E-state index in [-0.39, 0.29) is 0 Å². The van der Waals surface area contributed by atoms with E-state index in [1.54, 1.807) is 0 Å². The molecule has 1 aliphatic carbocycles. The lowest BCUT2D eigenvalue weighted by molar-refractivity contribution is 0.253. The molecule has 0 spiro atoms. The minimum atomic E-state index is 0.495. The summed E-state index contributed by atoms with van der Waals surface area (Å²) in [6.07, 6.45) is 11.1. The van der Waals surface area contributed by atoms with Crippen molar-refractivity contribution in [2.75, 3.05) is 6.54 Å². The van der Waals surface area contributed by atoms with Gasteiger partial charge < -0.3 is 5.32 Å². The van der Waals surface area contributed by atoms with Crippen LogP contribution in [0.25, 0.3) is 0 Å². The van der Waals surface area contributed by atoms with Gasteiger partial charge in [-0.15, -0.1) is 6.58 Å². The summed E-state index contributed by atoms with van der Waals surface area (Å²) < 4.78 is 0. The van der Waals surface area contributed by atoms with Crippen molar-refractivity contribution >= 4 is 0 Å². The van der Waals surface area contributed by atoms with Crippen LogP contribution in [-0.2, 0) is 0 Å². The van der Waals surface area contributed by atoms with E-state index in [0.717, 1.165) is 5.92 Å². The van der Waals surface area contributed by atoms with Gasteiger partial charge in [-0.25, -0.2) is 0 Å². The topological polar surface area (TPSA) is 12.0 Å². The molecule has 0 aromatic carbocycles. The van der Waals surface area contributed by atoms with Crippen molar-refractivity contribution in [3.05, 3.63) is 12.2 Å². The molecular formula is C14H25N. The van der Waals surface area contributed by atoms with Gasteiger partial charge in [0.15, 0.2) is 0 Å². The smallest absolute Gasteiger partial charge is 0.0212 e. The summed E-state index contributed by atoms with van der Waals surface area (Å²) in [5.41, 5.74) is 1.84. The molecule has 1 saturated carbocycles. The Morgan fingerprint density at radius 3 is 2.80 bits per heavy atom. The molecule has 1 N–H and O–H groups in total. The second-order valence-electron chi connectivity index (χ2n) is 5.62. The Morgan fingerprint density at radius 1 is 1.33 bits per heavy atom. The van der Waals surface area contributed by atoms with Gasteiger partial charge in [0, 0.05) is 5.54 Å². The maximum absolute atomic E-state index is 4.05. The molecule has 0 aromatic rings. The summed E-state index contributed by atoms with van der Waals surface area (Å²) in [7, 11) is 0. The molecule has 1 heterocycles. The number of allylic oxidation sites excluding steroid dienone is 1. The van der Waals surface area contributed by atoms with Crippen molar-refractivity contribution in [3.63, 3.8) is 0 Å². The number of hydrogen-bond acceptors (Lipinski definition) is 1. The van der Waals surface area contributed by atoms with Crippen molar-refractivity contribution in [2.45, 2.75) is 63.8 Å². The fourth-order valence-electron chi connectivity index (χ4n) is 3.01. The van der Waals surface area contributed by atoms with Gasteiger partial charge in [-0.05, 0) is 57.9 Å². The van der Waals surface area contributed by atoms with Gasteiger partial charge in [0.05, 0.1) is 0 Å². The van der Waals surface area contributed by atoms with Crippen molar-refractivity contribution in [1.82, 2.24) is 5.32 Å². The fourth-order valence-corrected chi connectivity index (χ4v) is 3.01. The Labute approximate surface area is 94.3 Å². The highest BCUT2D eigenvalue weighted by molar-refractivity contribution is 5.04. The highest BCUT2D eigenvalue weighted by atomic mass is 15.0. The molecule has 2 fully saturated rings. The quantitative estimate of drug-likeness (QED) is 0.694. The Balaban J connectivity index is 1.97. The molecule has 1 aliphatic heterocycles. The molecule has 2 rings (SSSR count). The second-order valence-corrected chi connectivity index (χ2v) is 5.62. The Morgan fingerprint density at radius 2 is 2.13 bits per heavy atom. The zero-order valence-electron chi connectivity index (χ0n) is 10.1. The molecule has 1 atom stereocenters. The molecule has 1 nitrogen and oxygen atoms in total. The van der Waals surface area contributed by atoms with Gasteiger partial charge in [-0.2, -0.15) is 0 Å². The lowest BCUT2D eigenvalue weighted by Gasteiger charge is -2.34. The predicted molar refractivity (Wildman–Crippen MR) is 66.0 cm³/mol. The van der Waals surface area contributed by atoms with Gasteiger partial charge in [0.25, 0.3) is 0 Å². The van der Waals surface area contributed by atoms with Crippen molar-refractivity contribution < 1.29 is 0 Å². The largest absolute Gasteiger partial charge is 0.311 e. The summed E-state index contributed by atoms with van der Waals surface area (Å²) in [5, 5.41) is 3.87. The van der Waals surface area contributed by atoms with Crippen LogP contribution in [-0.4, -0.2) is 12.1 Å². The van der Waals surface area contributed by atoms with E-state index in [0.29, 0.717) is 5.54 Å². The first-order chi connectivity index (χ1) is 7.23. The molecule has 2 aliphatic rings. The molecule has 1 saturated heterocycles. The first-order valence-electron chi connectivity index (χ1n) is 6.62. The van der Waals surface area contributed by atoms with Crippen LogP contribution in [0, 0.1) is 5.92 Å². The van der Waals surface area contributed by atoms with Gasteiger partial charge in [0.2, 0.25) is 0 Å². The summed E-state index contributed by atoms with van der Waals surface area (Å²) in [6.45, 7) is 7.45. The van der Waals surface area contributed by atoms with Gasteiger partial charge in [-0.3, -0.25) is 0 Å². The molecule has 1 heteroatoms. The SMILES string of the molecule is C=C(C)CCC1(C2CC2)CCCCCN1. The predicted octanol–water partition coefficient (Wildman–Crippen LogP) is 3.66. The zero-order valence-corrected chi connectivity index (χ0v) is 10.1. The van der Waals surface area contributed by atoms with E-state index in [4.69, 9.17) is 0 Å². The molecule has 0 bridgehead atoms. The number of rotatable bonds is 4. The van der Waals surface area contributed by atoms with Crippen LogP contribution in [0.2, 0.25) is 0 Å². The van der Waals surface area contributed by atoms with Crippen LogP contribution in [0.15, 0.2) is 12.2 Å². The van der Waals surface area contributed by atoms with E-state index in [2.05, 4.69) is 18.8 Å². The van der Waals surface area contributed by atoms with Gasteiger partial charge >= 0.3 is 0 Å². The molecular weight excluding hydrogens is 182 g/mol. The molecule has 1 unspecified atom stereocenters. The van der Waals surface area contributed by atoms with Crippen LogP contribution in [0.1, 0.15) is 58.3 Å². The Kier molecular flexibility index (Phi) is 3.50. The van der Waals surface area contributed by atoms with Crippen LogP contribution >= 0.6 is 0 Å². The third-order valence-electron chi connectivity index (χ3n) is 4.13. The van der Waals surface area contributed by atoms with Crippen molar-refractivity contribution in [1.29, 1.82) is 0 Å². The normalized spacial score (nSPS) is 32.3. The van der Waals surface area contributed by atoms with E-state index in [9.17, 15) is 0 Å². The van der Waals surface area contributed by atoms with E-state index in [1.807, 2.05) is 0 Å². The third-order valence-corrected chi connectivity index (χ3v) is 4.13. The standard InChI is InChI=1S/C14H25N/c1-12(2)8-10-14(13-6-7-13)9-4-3-5-11-15-14/h13,15H,1,3-11H2,2H3. The Hall–Kier alpha value is -0.300. The van der Waals surface area contributed by atoms with Gasteiger partial charge in [-0.1, -0.05) is 18.4 Å². The summed E-state index contributed by atoms with van der Waals surface area (Å²) in [6, 6.07) is 0. The van der Waals surface area contributed by atoms with Gasteiger partial charge in [0.1, 0.15) is 0 Å². The third kappa shape index (κ3) is 2.84. The zero-order chi connectivity index (χ0) is 10.7. The molecule has 86 valence electrons. The van der Waals surface area contributed by atoms with Crippen molar-refractivity contribution in [3.8, 4) is 0 Å². The lowest BCUT2D eigenvalue weighted by atomic mass is 9.83. The van der Waals surface area contributed by atoms with E-state index >= 15 is 0 Å². The Bertz CT molecular complexity index is 219. The average Bonchev–Trinajstić information content (AvgIpc) is 3.02. The molecule has 0 radical (unpaired) electrons. The second kappa shape index (κ2) is 4.69. The van der Waals surface area contributed by atoms with Crippen LogP contribution < -0.4 is 5.32 Å². The lowest BCUT2D eigenvalue weighted by Crippen LogP contribution is -2.46. The minimum Gasteiger partial charge on any atom is -0.311 e. The first-order valence-corrected chi connectivity index (χ1v) is 6.62. The highest BCUT2D eigenvalue weighted by Crippen LogP contribution is 2.46. The van der Waals surface area contributed by atoms with Crippen LogP contribution in [0.5, 0.6) is 0 Å². The van der Waals surface area contributed by atoms with Crippen molar-refractivity contribution in [2.24, 2.45) is 5.92 Å². The van der Waals surface area contributed by atoms with Crippen LogP contribution in [0.3, 0.4) is 0 Å². The number of nitrogens with one attached hydrogen (secondary N) is 1. The number of hydrogen-bond donors (Lipinski definition) is 1. The first kappa shape index (κ1) is 11.2. The molecule has 15 heavy (non-hydrogen) atoms. The maximum atomic E-state index is 4.05. The molecule has 0 amide bonds. The summed E-state index contributed by atoms with van der Waals surface area (Å²) in [5.74, 6) is 0.981. The van der Waals surface area contributed by atoms with Crippen LogP contribution in [0.4, 0.5) is 0 Å². The summed E-state index contributed by atoms with van der Waals surface area (Å²) >= 11 is 0. The molecule has 0 aromatic heterocycles. The highest BCUT2D eigenvalue weighted by Gasteiger charge is 2.44. The summed E-state index contributed by atoms with van der Waals surface area (Å²) in [4.78, 5) is 0. The minimum absolute atomic E-state index is 0.495. The fraction of sp³-hybridized carbons (Fsp3) is 0.857. The maximum Gasteiger partial charge on any atom is 0.0212 e. The van der Waals surface area contributed by atoms with E-state index < -0.39 is 0 Å². The van der Waals surface area contributed by atoms with E-state index in [1.165, 1.54) is 63.5 Å². The monoisotopic (exact) mass is 207 g/mol.